The Balaban J connectivity index is 2.18. The molecule has 0 spiro atoms. The van der Waals surface area contributed by atoms with E-state index in [2.05, 4.69) is 4.90 Å². The number of hydrogen-bond donors (Lipinski definition) is 0. The molecule has 1 rings (SSSR count). The van der Waals surface area contributed by atoms with Crippen molar-refractivity contribution in [3.05, 3.63) is 12.2 Å². The average molecular weight is 169 g/mol. The van der Waals surface area contributed by atoms with Crippen LogP contribution < -0.4 is 0 Å². The number of allylic oxidation sites excluding steroid dienone is 1. The highest BCUT2D eigenvalue weighted by Crippen LogP contribution is 2.10. The lowest BCUT2D eigenvalue weighted by Gasteiger charge is -2.11. The molecule has 3 heteroatoms. The lowest BCUT2D eigenvalue weighted by molar-refractivity contribution is -0.104. The van der Waals surface area contributed by atoms with Crippen LogP contribution in [0.4, 0.5) is 0 Å². The number of nitrogens with zero attached hydrogens (tertiary/aromatic N) is 1. The number of aldehydes is 1. The van der Waals surface area contributed by atoms with Gasteiger partial charge in [0.15, 0.2) is 0 Å². The van der Waals surface area contributed by atoms with E-state index in [0.29, 0.717) is 6.10 Å². The van der Waals surface area contributed by atoms with Crippen molar-refractivity contribution < 1.29 is 9.53 Å². The molecule has 0 bridgehead atoms. The summed E-state index contributed by atoms with van der Waals surface area (Å²) < 4.78 is 5.21. The summed E-state index contributed by atoms with van der Waals surface area (Å²) in [5, 5.41) is 0. The van der Waals surface area contributed by atoms with Gasteiger partial charge in [-0.25, -0.2) is 0 Å². The number of methoxy groups -OCH3 is 1. The number of carbonyl (C=O) groups is 1. The standard InChI is InChI=1S/C9H15NO2/c1-12-9-4-6-10(8-9)5-2-3-7-11/h2-3,7,9H,4-6,8H2,1H3/t9-/m1/s1. The number of hydrogen-bond acceptors (Lipinski definition) is 3. The van der Waals surface area contributed by atoms with Crippen molar-refractivity contribution in [1.82, 2.24) is 4.90 Å². The van der Waals surface area contributed by atoms with Crippen molar-refractivity contribution in [3.63, 3.8) is 0 Å². The molecule has 12 heavy (non-hydrogen) atoms. The Morgan fingerprint density at radius 1 is 1.67 bits per heavy atom. The number of carbonyl (C=O) groups excluding carboxylic acids is 1. The maximum absolute atomic E-state index is 9.97. The van der Waals surface area contributed by atoms with E-state index in [1.165, 1.54) is 0 Å². The Kier molecular flexibility index (Phi) is 3.97. The summed E-state index contributed by atoms with van der Waals surface area (Å²) in [6.45, 7) is 2.92. The van der Waals surface area contributed by atoms with Crippen LogP contribution in [0.2, 0.25) is 0 Å². The van der Waals surface area contributed by atoms with Crippen molar-refractivity contribution >= 4 is 6.29 Å². The van der Waals surface area contributed by atoms with Crippen LogP contribution in [0.5, 0.6) is 0 Å². The second kappa shape index (κ2) is 5.06. The van der Waals surface area contributed by atoms with Crippen LogP contribution >= 0.6 is 0 Å². The third-order valence-electron chi connectivity index (χ3n) is 2.14. The first kappa shape index (κ1) is 9.42. The third-order valence-corrected chi connectivity index (χ3v) is 2.14. The van der Waals surface area contributed by atoms with Crippen molar-refractivity contribution in [2.75, 3.05) is 26.7 Å². The first-order valence-electron chi connectivity index (χ1n) is 4.22. The van der Waals surface area contributed by atoms with Crippen LogP contribution in [0, 0.1) is 0 Å². The van der Waals surface area contributed by atoms with Crippen LogP contribution in [-0.4, -0.2) is 44.0 Å². The van der Waals surface area contributed by atoms with Gasteiger partial charge < -0.3 is 4.74 Å². The Hall–Kier alpha value is -0.670. The molecule has 0 aliphatic carbocycles. The van der Waals surface area contributed by atoms with Crippen LogP contribution in [0.1, 0.15) is 6.42 Å². The van der Waals surface area contributed by atoms with Gasteiger partial charge in [-0.1, -0.05) is 6.08 Å². The smallest absolute Gasteiger partial charge is 0.142 e. The minimum Gasteiger partial charge on any atom is -0.380 e. The average Bonchev–Trinajstić information content (AvgIpc) is 2.53. The molecule has 1 fully saturated rings. The molecular weight excluding hydrogens is 154 g/mol. The molecule has 0 amide bonds. The molecule has 1 aliphatic rings. The number of rotatable bonds is 4. The van der Waals surface area contributed by atoms with Crippen LogP contribution in [0.25, 0.3) is 0 Å². The minimum atomic E-state index is 0.384. The summed E-state index contributed by atoms with van der Waals surface area (Å²) in [7, 11) is 1.75. The fourth-order valence-corrected chi connectivity index (χ4v) is 1.42. The first-order chi connectivity index (χ1) is 5.86. The van der Waals surface area contributed by atoms with Crippen molar-refractivity contribution in [1.29, 1.82) is 0 Å². The van der Waals surface area contributed by atoms with Gasteiger partial charge in [0, 0.05) is 26.7 Å². The molecule has 3 nitrogen and oxygen atoms in total. The molecule has 0 saturated carbocycles. The highest BCUT2D eigenvalue weighted by atomic mass is 16.5. The highest BCUT2D eigenvalue weighted by molar-refractivity contribution is 5.64. The van der Waals surface area contributed by atoms with Gasteiger partial charge in [-0.15, -0.1) is 0 Å². The van der Waals surface area contributed by atoms with Crippen LogP contribution in [0.15, 0.2) is 12.2 Å². The van der Waals surface area contributed by atoms with E-state index in [-0.39, 0.29) is 0 Å². The van der Waals surface area contributed by atoms with Gasteiger partial charge in [0.1, 0.15) is 6.29 Å². The van der Waals surface area contributed by atoms with Gasteiger partial charge in [-0.05, 0) is 12.5 Å². The summed E-state index contributed by atoms with van der Waals surface area (Å²) in [5.74, 6) is 0. The lowest BCUT2D eigenvalue weighted by atomic mass is 10.3. The Labute approximate surface area is 73.0 Å². The molecule has 1 atom stereocenters. The van der Waals surface area contributed by atoms with E-state index in [9.17, 15) is 4.79 Å². The van der Waals surface area contributed by atoms with Crippen LogP contribution in [-0.2, 0) is 9.53 Å². The summed E-state index contributed by atoms with van der Waals surface area (Å²) >= 11 is 0. The van der Waals surface area contributed by atoms with Crippen molar-refractivity contribution in [2.45, 2.75) is 12.5 Å². The van der Waals surface area contributed by atoms with Gasteiger partial charge in [0.2, 0.25) is 0 Å². The lowest BCUT2D eigenvalue weighted by Crippen LogP contribution is -2.22. The van der Waals surface area contributed by atoms with E-state index >= 15 is 0 Å². The van der Waals surface area contributed by atoms with Gasteiger partial charge >= 0.3 is 0 Å². The van der Waals surface area contributed by atoms with Crippen molar-refractivity contribution in [3.8, 4) is 0 Å². The summed E-state index contributed by atoms with van der Waals surface area (Å²) in [4.78, 5) is 12.2. The molecule has 0 aromatic rings. The zero-order valence-corrected chi connectivity index (χ0v) is 7.40. The maximum atomic E-state index is 9.97. The SMILES string of the molecule is CO[C@@H]1CCN(CC=CC=O)C1. The maximum Gasteiger partial charge on any atom is 0.142 e. The predicted molar refractivity (Wildman–Crippen MR) is 47.1 cm³/mol. The van der Waals surface area contributed by atoms with E-state index in [4.69, 9.17) is 4.74 Å². The summed E-state index contributed by atoms with van der Waals surface area (Å²) in [5.41, 5.74) is 0. The second-order valence-corrected chi connectivity index (χ2v) is 2.97. The topological polar surface area (TPSA) is 29.5 Å². The van der Waals surface area contributed by atoms with E-state index in [0.717, 1.165) is 32.3 Å². The molecule has 1 heterocycles. The van der Waals surface area contributed by atoms with Gasteiger partial charge in [0.25, 0.3) is 0 Å². The zero-order chi connectivity index (χ0) is 8.81. The Morgan fingerprint density at radius 3 is 3.08 bits per heavy atom. The van der Waals surface area contributed by atoms with Gasteiger partial charge in [-0.3, -0.25) is 9.69 Å². The molecule has 0 N–H and O–H groups in total. The molecule has 1 saturated heterocycles. The monoisotopic (exact) mass is 169 g/mol. The molecular formula is C9H15NO2. The fraction of sp³-hybridized carbons (Fsp3) is 0.667. The summed E-state index contributed by atoms with van der Waals surface area (Å²) in [6.07, 6.45) is 5.72. The predicted octanol–water partition coefficient (Wildman–Crippen LogP) is 0.462. The fourth-order valence-electron chi connectivity index (χ4n) is 1.42. The Morgan fingerprint density at radius 2 is 2.50 bits per heavy atom. The van der Waals surface area contributed by atoms with E-state index < -0.39 is 0 Å². The quantitative estimate of drug-likeness (QED) is 0.452. The number of likely N-dealkylation sites (tertiary alicyclic amines) is 1. The second-order valence-electron chi connectivity index (χ2n) is 2.97. The van der Waals surface area contributed by atoms with Gasteiger partial charge in [0.05, 0.1) is 6.10 Å². The van der Waals surface area contributed by atoms with E-state index in [1.807, 2.05) is 6.08 Å². The molecule has 1 aliphatic heterocycles. The molecule has 0 aromatic heterocycles. The highest BCUT2D eigenvalue weighted by Gasteiger charge is 2.20. The molecule has 68 valence electrons. The number of ether oxygens (including phenoxy) is 1. The minimum absolute atomic E-state index is 0.384. The molecule has 0 radical (unpaired) electrons. The van der Waals surface area contributed by atoms with Gasteiger partial charge in [-0.2, -0.15) is 0 Å². The first-order valence-corrected chi connectivity index (χ1v) is 4.22. The molecule has 0 aromatic carbocycles. The zero-order valence-electron chi connectivity index (χ0n) is 7.40. The van der Waals surface area contributed by atoms with Crippen LogP contribution in [0.3, 0.4) is 0 Å². The van der Waals surface area contributed by atoms with E-state index in [1.54, 1.807) is 13.2 Å². The molecule has 0 unspecified atom stereocenters. The largest absolute Gasteiger partial charge is 0.380 e. The third kappa shape index (κ3) is 2.75. The normalized spacial score (nSPS) is 25.2. The van der Waals surface area contributed by atoms with Crippen molar-refractivity contribution in [2.24, 2.45) is 0 Å². The summed E-state index contributed by atoms with van der Waals surface area (Å²) in [6, 6.07) is 0. The Bertz CT molecular complexity index is 168.